The van der Waals surface area contributed by atoms with Gasteiger partial charge in [-0.25, -0.2) is 25.3 Å². The minimum atomic E-state index is -4.28. The van der Waals surface area contributed by atoms with Gasteiger partial charge < -0.3 is 0 Å². The maximum Gasteiger partial charge on any atom is 0.262 e. The van der Waals surface area contributed by atoms with E-state index in [4.69, 9.17) is 10.7 Å². The predicted molar refractivity (Wildman–Crippen MR) is 65.7 cm³/mol. The fraction of sp³-hybridized carbons (Fsp3) is 0.250. The molecule has 0 N–H and O–H groups in total. The monoisotopic (exact) mass is 332 g/mol. The molecule has 0 unspecified atom stereocenters. The van der Waals surface area contributed by atoms with Crippen LogP contribution in [0.15, 0.2) is 32.9 Å². The van der Waals surface area contributed by atoms with Gasteiger partial charge >= 0.3 is 0 Å². The summed E-state index contributed by atoms with van der Waals surface area (Å²) in [6.45, 7) is 0. The van der Waals surface area contributed by atoms with Crippen LogP contribution >= 0.6 is 10.7 Å². The van der Waals surface area contributed by atoms with Crippen molar-refractivity contribution in [2.45, 2.75) is 14.7 Å². The second-order valence-electron chi connectivity index (χ2n) is 3.59. The first-order valence-corrected chi connectivity index (χ1v) is 10.4. The Hall–Kier alpha value is -0.640. The van der Waals surface area contributed by atoms with Crippen molar-refractivity contribution in [2.75, 3.05) is 12.5 Å². The van der Waals surface area contributed by atoms with Gasteiger partial charge in [-0.05, 0) is 18.2 Å². The van der Waals surface area contributed by atoms with Crippen LogP contribution < -0.4 is 0 Å². The fourth-order valence-electron chi connectivity index (χ4n) is 1.21. The Morgan fingerprint density at radius 2 is 1.33 bits per heavy atom. The molecule has 0 aromatic heterocycles. The number of hydrogen-bond donors (Lipinski definition) is 0. The van der Waals surface area contributed by atoms with E-state index in [1.165, 1.54) is 0 Å². The Kier molecular flexibility index (Phi) is 3.84. The van der Waals surface area contributed by atoms with Crippen molar-refractivity contribution >= 4 is 39.4 Å². The van der Waals surface area contributed by atoms with Gasteiger partial charge in [0, 0.05) is 23.2 Å². The van der Waals surface area contributed by atoms with E-state index in [1.54, 1.807) is 0 Å². The summed E-state index contributed by atoms with van der Waals surface area (Å²) in [6.07, 6.45) is 1.64. The second-order valence-corrected chi connectivity index (χ2v) is 10.1. The third-order valence-corrected chi connectivity index (χ3v) is 5.76. The summed E-state index contributed by atoms with van der Waals surface area (Å²) in [5, 5.41) is 0. The smallest absolute Gasteiger partial charge is 0.224 e. The van der Waals surface area contributed by atoms with Gasteiger partial charge in [0.15, 0.2) is 19.7 Å². The molecule has 0 aliphatic heterocycles. The van der Waals surface area contributed by atoms with Crippen molar-refractivity contribution in [3.63, 3.8) is 0 Å². The molecule has 1 rings (SSSR count). The Morgan fingerprint density at radius 3 is 1.67 bits per heavy atom. The van der Waals surface area contributed by atoms with E-state index in [2.05, 4.69) is 0 Å². The highest BCUT2D eigenvalue weighted by Crippen LogP contribution is 2.27. The van der Waals surface area contributed by atoms with Gasteiger partial charge in [-0.2, -0.15) is 0 Å². The molecular weight excluding hydrogens is 324 g/mol. The minimum Gasteiger partial charge on any atom is -0.224 e. The molecule has 0 amide bonds. The maximum absolute atomic E-state index is 11.5. The van der Waals surface area contributed by atoms with Crippen LogP contribution in [0.25, 0.3) is 0 Å². The molecule has 0 spiro atoms. The molecule has 102 valence electrons. The van der Waals surface area contributed by atoms with Crippen LogP contribution in [-0.4, -0.2) is 37.8 Å². The van der Waals surface area contributed by atoms with Crippen LogP contribution in [-0.2, 0) is 28.7 Å². The molecule has 18 heavy (non-hydrogen) atoms. The van der Waals surface area contributed by atoms with E-state index in [-0.39, 0.29) is 4.90 Å². The molecule has 1 aromatic rings. The van der Waals surface area contributed by atoms with Crippen molar-refractivity contribution in [1.82, 2.24) is 0 Å². The number of sulfone groups is 2. The Morgan fingerprint density at radius 1 is 0.833 bits per heavy atom. The van der Waals surface area contributed by atoms with Crippen molar-refractivity contribution in [3.05, 3.63) is 18.2 Å². The standard InChI is InChI=1S/C8H9ClO6S3/c1-16(10,11)6-3-4-7(18(9,14)15)8(5-6)17(2,12)13/h3-5H,1-2H3. The van der Waals surface area contributed by atoms with Gasteiger partial charge in [0.25, 0.3) is 9.05 Å². The highest BCUT2D eigenvalue weighted by molar-refractivity contribution is 8.14. The van der Waals surface area contributed by atoms with E-state index >= 15 is 0 Å². The van der Waals surface area contributed by atoms with Gasteiger partial charge in [-0.1, -0.05) is 0 Å². The SMILES string of the molecule is CS(=O)(=O)c1ccc(S(=O)(=O)Cl)c(S(C)(=O)=O)c1. The first kappa shape index (κ1) is 15.4. The summed E-state index contributed by atoms with van der Waals surface area (Å²) >= 11 is 0. The molecule has 0 bridgehead atoms. The van der Waals surface area contributed by atoms with E-state index in [0.29, 0.717) is 0 Å². The van der Waals surface area contributed by atoms with Crippen LogP contribution in [0.2, 0.25) is 0 Å². The number of rotatable bonds is 3. The third-order valence-electron chi connectivity index (χ3n) is 2.01. The topological polar surface area (TPSA) is 102 Å². The van der Waals surface area contributed by atoms with Crippen molar-refractivity contribution < 1.29 is 25.3 Å². The number of benzene rings is 1. The summed E-state index contributed by atoms with van der Waals surface area (Å²) in [7, 11) is -6.76. The van der Waals surface area contributed by atoms with Gasteiger partial charge in [0.05, 0.1) is 9.79 Å². The molecular formula is C8H9ClO6S3. The van der Waals surface area contributed by atoms with E-state index in [1.807, 2.05) is 0 Å². The summed E-state index contributed by atoms with van der Waals surface area (Å²) in [4.78, 5) is -1.58. The molecule has 1 aromatic carbocycles. The van der Waals surface area contributed by atoms with E-state index in [9.17, 15) is 25.3 Å². The first-order valence-electron chi connectivity index (χ1n) is 4.32. The average Bonchev–Trinajstić information content (AvgIpc) is 2.12. The summed E-state index contributed by atoms with van der Waals surface area (Å²) in [5.41, 5.74) is 0. The zero-order valence-electron chi connectivity index (χ0n) is 9.28. The van der Waals surface area contributed by atoms with Gasteiger partial charge in [-0.3, -0.25) is 0 Å². The van der Waals surface area contributed by atoms with Crippen LogP contribution in [0.5, 0.6) is 0 Å². The Labute approximate surface area is 110 Å². The van der Waals surface area contributed by atoms with Gasteiger partial charge in [-0.15, -0.1) is 0 Å². The lowest BCUT2D eigenvalue weighted by molar-refractivity contribution is 0.590. The fourth-order valence-corrected chi connectivity index (χ4v) is 4.56. The molecule has 0 saturated heterocycles. The maximum atomic E-state index is 11.5. The lowest BCUT2D eigenvalue weighted by Gasteiger charge is -2.07. The summed E-state index contributed by atoms with van der Waals surface area (Å²) < 4.78 is 67.9. The van der Waals surface area contributed by atoms with Crippen molar-refractivity contribution in [3.8, 4) is 0 Å². The molecule has 0 aliphatic carbocycles. The summed E-state index contributed by atoms with van der Waals surface area (Å²) in [6, 6.07) is 2.62. The van der Waals surface area contributed by atoms with Crippen LogP contribution in [0.3, 0.4) is 0 Å². The number of halogens is 1. The summed E-state index contributed by atoms with van der Waals surface area (Å²) in [5.74, 6) is 0. The molecule has 0 atom stereocenters. The minimum absolute atomic E-state index is 0.299. The zero-order valence-corrected chi connectivity index (χ0v) is 12.5. The van der Waals surface area contributed by atoms with Crippen LogP contribution in [0.4, 0.5) is 0 Å². The highest BCUT2D eigenvalue weighted by Gasteiger charge is 2.24. The molecule has 6 nitrogen and oxygen atoms in total. The third kappa shape index (κ3) is 3.44. The Bertz CT molecular complexity index is 789. The second kappa shape index (κ2) is 4.48. The Balaban J connectivity index is 3.83. The average molecular weight is 333 g/mol. The van der Waals surface area contributed by atoms with Crippen molar-refractivity contribution in [1.29, 1.82) is 0 Å². The largest absolute Gasteiger partial charge is 0.262 e. The van der Waals surface area contributed by atoms with Gasteiger partial charge in [0.2, 0.25) is 0 Å². The lowest BCUT2D eigenvalue weighted by Crippen LogP contribution is -2.07. The number of hydrogen-bond acceptors (Lipinski definition) is 6. The molecule has 0 heterocycles. The normalized spacial score (nSPS) is 13.5. The zero-order chi connectivity index (χ0) is 14.4. The molecule has 0 fully saturated rings. The van der Waals surface area contributed by atoms with Crippen LogP contribution in [0, 0.1) is 0 Å². The molecule has 10 heteroatoms. The predicted octanol–water partition coefficient (Wildman–Crippen LogP) is 0.421. The van der Waals surface area contributed by atoms with Crippen molar-refractivity contribution in [2.24, 2.45) is 0 Å². The van der Waals surface area contributed by atoms with E-state index < -0.39 is 38.5 Å². The quantitative estimate of drug-likeness (QED) is 0.743. The highest BCUT2D eigenvalue weighted by atomic mass is 35.7. The lowest BCUT2D eigenvalue weighted by atomic mass is 10.4. The van der Waals surface area contributed by atoms with E-state index in [0.717, 1.165) is 30.7 Å². The van der Waals surface area contributed by atoms with Crippen LogP contribution in [0.1, 0.15) is 0 Å². The molecule has 0 radical (unpaired) electrons. The molecule has 0 saturated carbocycles. The molecule has 0 aliphatic rings. The van der Waals surface area contributed by atoms with Gasteiger partial charge in [0.1, 0.15) is 4.90 Å². The first-order chi connectivity index (χ1) is 7.83.